The molecule has 0 radical (unpaired) electrons. The van der Waals surface area contributed by atoms with E-state index in [4.69, 9.17) is 0 Å². The molecule has 1 aliphatic heterocycles. The summed E-state index contributed by atoms with van der Waals surface area (Å²) in [5.41, 5.74) is 0. The third kappa shape index (κ3) is 1.64. The normalized spacial score (nSPS) is 32.3. The van der Waals surface area contributed by atoms with Crippen LogP contribution in [0.1, 0.15) is 26.7 Å². The van der Waals surface area contributed by atoms with Gasteiger partial charge in [-0.25, -0.2) is 0 Å². The van der Waals surface area contributed by atoms with E-state index in [9.17, 15) is 9.59 Å². The Morgan fingerprint density at radius 2 is 1.87 bits per heavy atom. The highest BCUT2D eigenvalue weighted by molar-refractivity contribution is 5.96. The molecule has 2 aliphatic rings. The third-order valence-corrected chi connectivity index (χ3v) is 3.16. The van der Waals surface area contributed by atoms with E-state index in [1.54, 1.807) is 18.7 Å². The fraction of sp³-hybridized carbons (Fsp3) is 0.636. The second-order valence-electron chi connectivity index (χ2n) is 4.25. The van der Waals surface area contributed by atoms with Gasteiger partial charge in [-0.1, -0.05) is 12.2 Å². The zero-order chi connectivity index (χ0) is 11.0. The van der Waals surface area contributed by atoms with Crippen LogP contribution in [0.25, 0.3) is 0 Å². The largest absolute Gasteiger partial charge is 0.343 e. The molecule has 4 heteroatoms. The molecule has 82 valence electrons. The molecule has 15 heavy (non-hydrogen) atoms. The van der Waals surface area contributed by atoms with Gasteiger partial charge in [0.15, 0.2) is 0 Å². The summed E-state index contributed by atoms with van der Waals surface area (Å²) < 4.78 is 0. The minimum atomic E-state index is -0.380. The van der Waals surface area contributed by atoms with Crippen LogP contribution in [0.4, 0.5) is 0 Å². The van der Waals surface area contributed by atoms with Crippen molar-refractivity contribution in [1.29, 1.82) is 0 Å². The second kappa shape index (κ2) is 3.68. The minimum absolute atomic E-state index is 0.0378. The molecule has 0 spiro atoms. The van der Waals surface area contributed by atoms with Crippen molar-refractivity contribution in [2.24, 2.45) is 0 Å². The predicted molar refractivity (Wildman–Crippen MR) is 56.1 cm³/mol. The van der Waals surface area contributed by atoms with Gasteiger partial charge in [-0.2, -0.15) is 0 Å². The number of piperazine rings is 1. The number of hydrogen-bond acceptors (Lipinski definition) is 2. The van der Waals surface area contributed by atoms with Crippen molar-refractivity contribution in [1.82, 2.24) is 10.2 Å². The number of carbonyl (C=O) groups is 2. The quantitative estimate of drug-likeness (QED) is 0.636. The summed E-state index contributed by atoms with van der Waals surface area (Å²) in [6.07, 6.45) is 5.88. The maximum absolute atomic E-state index is 12.0. The van der Waals surface area contributed by atoms with Crippen molar-refractivity contribution in [3.05, 3.63) is 12.2 Å². The van der Waals surface area contributed by atoms with E-state index in [2.05, 4.69) is 17.5 Å². The van der Waals surface area contributed by atoms with Crippen molar-refractivity contribution in [3.8, 4) is 0 Å². The molecule has 2 unspecified atom stereocenters. The smallest absolute Gasteiger partial charge is 0.245 e. The van der Waals surface area contributed by atoms with Gasteiger partial charge in [-0.05, 0) is 26.7 Å². The molecular weight excluding hydrogens is 192 g/mol. The average Bonchev–Trinajstić information content (AvgIpc) is 2.69. The lowest BCUT2D eigenvalue weighted by atomic mass is 10.0. The number of carbonyl (C=O) groups excluding carboxylic acids is 2. The topological polar surface area (TPSA) is 49.4 Å². The lowest BCUT2D eigenvalue weighted by Gasteiger charge is -2.40. The number of hydrogen-bond donors (Lipinski definition) is 1. The maximum Gasteiger partial charge on any atom is 0.245 e. The Bertz CT molecular complexity index is 317. The van der Waals surface area contributed by atoms with Crippen molar-refractivity contribution < 1.29 is 9.59 Å². The monoisotopic (exact) mass is 208 g/mol. The van der Waals surface area contributed by atoms with Crippen LogP contribution in [-0.2, 0) is 9.59 Å². The van der Waals surface area contributed by atoms with Gasteiger partial charge in [0, 0.05) is 6.04 Å². The van der Waals surface area contributed by atoms with E-state index >= 15 is 0 Å². The summed E-state index contributed by atoms with van der Waals surface area (Å²) >= 11 is 0. The predicted octanol–water partition coefficient (Wildman–Crippen LogP) is 0.440. The van der Waals surface area contributed by atoms with Gasteiger partial charge in [-0.15, -0.1) is 0 Å². The van der Waals surface area contributed by atoms with E-state index in [1.165, 1.54) is 0 Å². The molecular formula is C11H16N2O2. The van der Waals surface area contributed by atoms with E-state index in [-0.39, 0.29) is 29.9 Å². The van der Waals surface area contributed by atoms with E-state index in [0.717, 1.165) is 12.8 Å². The Hall–Kier alpha value is -1.32. The lowest BCUT2D eigenvalue weighted by Crippen LogP contribution is -2.63. The van der Waals surface area contributed by atoms with Crippen molar-refractivity contribution in [2.45, 2.75) is 44.8 Å². The highest BCUT2D eigenvalue weighted by atomic mass is 16.2. The molecule has 1 aliphatic carbocycles. The Labute approximate surface area is 89.3 Å². The molecule has 2 rings (SSSR count). The highest BCUT2D eigenvalue weighted by Gasteiger charge is 2.39. The van der Waals surface area contributed by atoms with Crippen LogP contribution in [0, 0.1) is 0 Å². The first-order chi connectivity index (χ1) is 7.11. The molecule has 0 saturated carbocycles. The van der Waals surface area contributed by atoms with Gasteiger partial charge in [0.1, 0.15) is 12.1 Å². The van der Waals surface area contributed by atoms with Gasteiger partial charge in [0.05, 0.1) is 0 Å². The summed E-state index contributed by atoms with van der Waals surface area (Å²) in [6, 6.07) is -0.533. The van der Waals surface area contributed by atoms with Crippen LogP contribution in [-0.4, -0.2) is 34.8 Å². The third-order valence-electron chi connectivity index (χ3n) is 3.16. The van der Waals surface area contributed by atoms with Crippen molar-refractivity contribution in [3.63, 3.8) is 0 Å². The number of nitrogens with zero attached hydrogens (tertiary/aromatic N) is 1. The first-order valence-corrected chi connectivity index (χ1v) is 5.39. The highest BCUT2D eigenvalue weighted by Crippen LogP contribution is 2.22. The number of amides is 2. The van der Waals surface area contributed by atoms with Crippen LogP contribution in [0.2, 0.25) is 0 Å². The zero-order valence-corrected chi connectivity index (χ0v) is 9.06. The minimum Gasteiger partial charge on any atom is -0.343 e. The summed E-state index contributed by atoms with van der Waals surface area (Å²) in [6.45, 7) is 3.53. The molecule has 0 bridgehead atoms. The Morgan fingerprint density at radius 1 is 1.27 bits per heavy atom. The fourth-order valence-corrected chi connectivity index (χ4v) is 2.26. The molecule has 0 aromatic heterocycles. The zero-order valence-electron chi connectivity index (χ0n) is 9.06. The fourth-order valence-electron chi connectivity index (χ4n) is 2.26. The van der Waals surface area contributed by atoms with Crippen LogP contribution in [0.15, 0.2) is 12.2 Å². The van der Waals surface area contributed by atoms with Crippen molar-refractivity contribution in [2.75, 3.05) is 0 Å². The number of nitrogens with one attached hydrogen (secondary N) is 1. The SMILES string of the molecule is CC1NC(=O)C(C)N(C2CC=CC2)C1=O. The molecule has 2 amide bonds. The van der Waals surface area contributed by atoms with Gasteiger partial charge in [0.2, 0.25) is 11.8 Å². The van der Waals surface area contributed by atoms with Crippen LogP contribution >= 0.6 is 0 Å². The standard InChI is InChI=1S/C11H16N2O2/c1-7-11(15)13(8(2)10(14)12-7)9-5-3-4-6-9/h3-4,7-9H,5-6H2,1-2H3,(H,12,14). The van der Waals surface area contributed by atoms with Crippen LogP contribution in [0.5, 0.6) is 0 Å². The van der Waals surface area contributed by atoms with Gasteiger partial charge >= 0.3 is 0 Å². The first kappa shape index (κ1) is 10.2. The van der Waals surface area contributed by atoms with E-state index < -0.39 is 0 Å². The van der Waals surface area contributed by atoms with E-state index in [1.807, 2.05) is 0 Å². The molecule has 1 fully saturated rings. The maximum atomic E-state index is 12.0. The van der Waals surface area contributed by atoms with Gasteiger partial charge < -0.3 is 10.2 Å². The summed E-state index contributed by atoms with van der Waals surface area (Å²) in [4.78, 5) is 25.3. The van der Waals surface area contributed by atoms with Crippen LogP contribution in [0.3, 0.4) is 0 Å². The van der Waals surface area contributed by atoms with Gasteiger partial charge in [0.25, 0.3) is 0 Å². The first-order valence-electron chi connectivity index (χ1n) is 5.39. The summed E-state index contributed by atoms with van der Waals surface area (Å²) in [5.74, 6) is -0.00944. The second-order valence-corrected chi connectivity index (χ2v) is 4.25. The Morgan fingerprint density at radius 3 is 2.47 bits per heavy atom. The summed E-state index contributed by atoms with van der Waals surface area (Å²) in [5, 5.41) is 2.68. The molecule has 1 saturated heterocycles. The molecule has 0 aromatic carbocycles. The van der Waals surface area contributed by atoms with Crippen molar-refractivity contribution >= 4 is 11.8 Å². The van der Waals surface area contributed by atoms with Crippen LogP contribution < -0.4 is 5.32 Å². The average molecular weight is 208 g/mol. The lowest BCUT2D eigenvalue weighted by molar-refractivity contribution is -0.150. The van der Waals surface area contributed by atoms with Gasteiger partial charge in [-0.3, -0.25) is 9.59 Å². The Kier molecular flexibility index (Phi) is 2.50. The van der Waals surface area contributed by atoms with E-state index in [0.29, 0.717) is 0 Å². The molecule has 4 nitrogen and oxygen atoms in total. The Balaban J connectivity index is 2.18. The summed E-state index contributed by atoms with van der Waals surface area (Å²) in [7, 11) is 0. The molecule has 1 heterocycles. The molecule has 2 atom stereocenters. The number of rotatable bonds is 1. The molecule has 1 N–H and O–H groups in total. The molecule has 0 aromatic rings.